The van der Waals surface area contributed by atoms with Gasteiger partial charge >= 0.3 is 0 Å². The topological polar surface area (TPSA) is 87.7 Å². The van der Waals surface area contributed by atoms with Crippen LogP contribution in [0.15, 0.2) is 48.5 Å². The number of ether oxygens (including phenoxy) is 1. The molecular formula is C19H18ClN3O4. The Kier molecular flexibility index (Phi) is 5.73. The molecule has 1 heterocycles. The average Bonchev–Trinajstić information content (AvgIpc) is 2.95. The summed E-state index contributed by atoms with van der Waals surface area (Å²) in [6.07, 6.45) is 0.0943. The number of carbonyl (C=O) groups is 3. The highest BCUT2D eigenvalue weighted by atomic mass is 35.5. The highest BCUT2D eigenvalue weighted by Crippen LogP contribution is 2.24. The molecular weight excluding hydrogens is 370 g/mol. The molecule has 1 aliphatic rings. The van der Waals surface area contributed by atoms with Gasteiger partial charge in [-0.2, -0.15) is 0 Å². The zero-order valence-electron chi connectivity index (χ0n) is 14.6. The van der Waals surface area contributed by atoms with Crippen LogP contribution in [0.3, 0.4) is 0 Å². The predicted molar refractivity (Wildman–Crippen MR) is 100 cm³/mol. The molecule has 2 aromatic rings. The molecule has 2 N–H and O–H groups in total. The number of rotatable bonds is 6. The first kappa shape index (κ1) is 18.9. The maximum atomic E-state index is 12.5. The van der Waals surface area contributed by atoms with Crippen molar-refractivity contribution in [1.82, 2.24) is 10.9 Å². The molecule has 0 unspecified atom stereocenters. The number of nitrogens with one attached hydrogen (secondary N) is 2. The molecule has 0 aromatic heterocycles. The summed E-state index contributed by atoms with van der Waals surface area (Å²) in [4.78, 5) is 37.8. The van der Waals surface area contributed by atoms with E-state index in [1.54, 1.807) is 55.6 Å². The number of anilines is 1. The van der Waals surface area contributed by atoms with Crippen molar-refractivity contribution in [3.63, 3.8) is 0 Å². The molecule has 0 saturated carbocycles. The molecule has 1 fully saturated rings. The average molecular weight is 388 g/mol. The number of hydrogen-bond donors (Lipinski definition) is 2. The third-order valence-electron chi connectivity index (χ3n) is 4.14. The van der Waals surface area contributed by atoms with Crippen LogP contribution in [0.2, 0.25) is 5.02 Å². The maximum Gasteiger partial charge on any atom is 0.253 e. The molecule has 0 radical (unpaired) electrons. The van der Waals surface area contributed by atoms with Gasteiger partial charge in [0, 0.05) is 5.02 Å². The van der Waals surface area contributed by atoms with E-state index in [1.807, 2.05) is 0 Å². The number of carbonyl (C=O) groups excluding carboxylic acids is 3. The second-order valence-electron chi connectivity index (χ2n) is 6.02. The predicted octanol–water partition coefficient (Wildman–Crippen LogP) is 1.84. The van der Waals surface area contributed by atoms with Crippen molar-refractivity contribution < 1.29 is 19.1 Å². The van der Waals surface area contributed by atoms with Gasteiger partial charge in [-0.3, -0.25) is 19.8 Å². The van der Waals surface area contributed by atoms with Crippen LogP contribution >= 0.6 is 11.6 Å². The number of benzene rings is 2. The minimum Gasteiger partial charge on any atom is -0.497 e. The Bertz CT molecular complexity index is 852. The minimum atomic E-state index is -0.812. The second-order valence-corrected chi connectivity index (χ2v) is 6.45. The fourth-order valence-electron chi connectivity index (χ4n) is 2.75. The van der Waals surface area contributed by atoms with E-state index in [-0.39, 0.29) is 24.7 Å². The normalized spacial score (nSPS) is 16.5. The Labute approximate surface area is 161 Å². The molecule has 7 nitrogen and oxygen atoms in total. The number of hydrazine groups is 1. The quantitative estimate of drug-likeness (QED) is 0.583. The van der Waals surface area contributed by atoms with E-state index < -0.39 is 11.9 Å². The Morgan fingerprint density at radius 1 is 1.15 bits per heavy atom. The number of imide groups is 1. The molecule has 140 valence electrons. The summed E-state index contributed by atoms with van der Waals surface area (Å²) in [5.74, 6) is -0.378. The van der Waals surface area contributed by atoms with Crippen molar-refractivity contribution in [3.05, 3.63) is 59.1 Å². The van der Waals surface area contributed by atoms with Gasteiger partial charge in [0.1, 0.15) is 11.8 Å². The smallest absolute Gasteiger partial charge is 0.253 e. The van der Waals surface area contributed by atoms with E-state index in [9.17, 15) is 14.4 Å². The molecule has 1 aliphatic heterocycles. The van der Waals surface area contributed by atoms with Crippen molar-refractivity contribution in [2.75, 3.05) is 12.0 Å². The standard InChI is InChI=1S/C19H18ClN3O4/c1-27-15-8-2-12(3-9-15)10-17(24)22-21-16-11-18(25)23(19(16)26)14-6-4-13(20)5-7-14/h2-9,16,21H,10-11H2,1H3,(H,22,24)/t16-/m0/s1. The Morgan fingerprint density at radius 3 is 2.44 bits per heavy atom. The van der Waals surface area contributed by atoms with Crippen LogP contribution in [0.5, 0.6) is 5.75 Å². The zero-order chi connectivity index (χ0) is 19.4. The SMILES string of the molecule is COc1ccc(CC(=O)NN[C@H]2CC(=O)N(c3ccc(Cl)cc3)C2=O)cc1. The molecule has 3 rings (SSSR count). The highest BCUT2D eigenvalue weighted by molar-refractivity contribution is 6.30. The first-order chi connectivity index (χ1) is 13.0. The van der Waals surface area contributed by atoms with E-state index in [0.29, 0.717) is 16.5 Å². The number of methoxy groups -OCH3 is 1. The van der Waals surface area contributed by atoms with Crippen LogP contribution in [-0.2, 0) is 20.8 Å². The second kappa shape index (κ2) is 8.20. The summed E-state index contributed by atoms with van der Waals surface area (Å²) in [5, 5.41) is 0.512. The van der Waals surface area contributed by atoms with Gasteiger partial charge in [-0.05, 0) is 42.0 Å². The minimum absolute atomic E-state index is 0.0374. The molecule has 27 heavy (non-hydrogen) atoms. The lowest BCUT2D eigenvalue weighted by Gasteiger charge is -2.16. The van der Waals surface area contributed by atoms with Gasteiger partial charge in [0.05, 0.1) is 25.6 Å². The van der Waals surface area contributed by atoms with E-state index in [1.165, 1.54) is 0 Å². The number of halogens is 1. The van der Waals surface area contributed by atoms with Gasteiger partial charge in [0.2, 0.25) is 11.8 Å². The van der Waals surface area contributed by atoms with Crippen molar-refractivity contribution >= 4 is 35.0 Å². The van der Waals surface area contributed by atoms with Crippen molar-refractivity contribution in [3.8, 4) is 5.75 Å². The first-order valence-corrected chi connectivity index (χ1v) is 8.65. The fraction of sp³-hybridized carbons (Fsp3) is 0.211. The monoisotopic (exact) mass is 387 g/mol. The van der Waals surface area contributed by atoms with Crippen LogP contribution in [0.1, 0.15) is 12.0 Å². The fourth-order valence-corrected chi connectivity index (χ4v) is 2.87. The maximum absolute atomic E-state index is 12.5. The van der Waals surface area contributed by atoms with Gasteiger partial charge in [0.15, 0.2) is 0 Å². The Balaban J connectivity index is 1.56. The summed E-state index contributed by atoms with van der Waals surface area (Å²) < 4.78 is 5.07. The largest absolute Gasteiger partial charge is 0.497 e. The third-order valence-corrected chi connectivity index (χ3v) is 4.39. The molecule has 0 bridgehead atoms. The molecule has 2 aromatic carbocycles. The lowest BCUT2D eigenvalue weighted by Crippen LogP contribution is -2.48. The highest BCUT2D eigenvalue weighted by Gasteiger charge is 2.39. The molecule has 3 amide bonds. The first-order valence-electron chi connectivity index (χ1n) is 8.27. The molecule has 1 saturated heterocycles. The van der Waals surface area contributed by atoms with Gasteiger partial charge < -0.3 is 4.74 Å². The third kappa shape index (κ3) is 4.45. The zero-order valence-corrected chi connectivity index (χ0v) is 15.3. The lowest BCUT2D eigenvalue weighted by molar-refractivity contribution is -0.122. The van der Waals surface area contributed by atoms with E-state index in [0.717, 1.165) is 10.5 Å². The number of nitrogens with zero attached hydrogens (tertiary/aromatic N) is 1. The summed E-state index contributed by atoms with van der Waals surface area (Å²) in [6.45, 7) is 0. The summed E-state index contributed by atoms with van der Waals surface area (Å²) in [6, 6.07) is 12.7. The van der Waals surface area contributed by atoms with Gasteiger partial charge in [-0.25, -0.2) is 10.3 Å². The van der Waals surface area contributed by atoms with Crippen LogP contribution in [0, 0.1) is 0 Å². The molecule has 0 spiro atoms. The van der Waals surface area contributed by atoms with Gasteiger partial charge in [-0.15, -0.1) is 0 Å². The van der Waals surface area contributed by atoms with Gasteiger partial charge in [-0.1, -0.05) is 23.7 Å². The summed E-state index contributed by atoms with van der Waals surface area (Å²) >= 11 is 5.83. The van der Waals surface area contributed by atoms with Crippen molar-refractivity contribution in [1.29, 1.82) is 0 Å². The van der Waals surface area contributed by atoms with Crippen molar-refractivity contribution in [2.24, 2.45) is 0 Å². The molecule has 8 heteroatoms. The Hall–Kier alpha value is -2.90. The summed E-state index contributed by atoms with van der Waals surface area (Å²) in [7, 11) is 1.57. The molecule has 1 atom stereocenters. The lowest BCUT2D eigenvalue weighted by atomic mass is 10.1. The van der Waals surface area contributed by atoms with E-state index in [4.69, 9.17) is 16.3 Å². The van der Waals surface area contributed by atoms with Crippen LogP contribution < -0.4 is 20.5 Å². The van der Waals surface area contributed by atoms with E-state index >= 15 is 0 Å². The van der Waals surface area contributed by atoms with Crippen LogP contribution in [0.25, 0.3) is 0 Å². The summed E-state index contributed by atoms with van der Waals surface area (Å²) in [5.41, 5.74) is 6.39. The molecule has 0 aliphatic carbocycles. The van der Waals surface area contributed by atoms with Crippen LogP contribution in [0.4, 0.5) is 5.69 Å². The van der Waals surface area contributed by atoms with Crippen LogP contribution in [-0.4, -0.2) is 30.9 Å². The van der Waals surface area contributed by atoms with E-state index in [2.05, 4.69) is 10.9 Å². The van der Waals surface area contributed by atoms with Gasteiger partial charge in [0.25, 0.3) is 5.91 Å². The number of hydrogen-bond acceptors (Lipinski definition) is 5. The number of amides is 3. The van der Waals surface area contributed by atoms with Crippen molar-refractivity contribution in [2.45, 2.75) is 18.9 Å². The Morgan fingerprint density at radius 2 is 1.81 bits per heavy atom.